The van der Waals surface area contributed by atoms with Gasteiger partial charge < -0.3 is 14.3 Å². The van der Waals surface area contributed by atoms with E-state index in [1.165, 1.54) is 12.3 Å². The van der Waals surface area contributed by atoms with Gasteiger partial charge in [-0.25, -0.2) is 10.2 Å². The SMILES string of the molecule is CCOC(=O)c1cc(-c2ccc(C=NNC(=O)c3cc([N+](=O)[O-])ccc3O)o2)ccc1Cl. The highest BCUT2D eigenvalue weighted by Crippen LogP contribution is 2.27. The van der Waals surface area contributed by atoms with E-state index in [0.717, 1.165) is 18.2 Å². The molecule has 0 radical (unpaired) electrons. The van der Waals surface area contributed by atoms with E-state index in [0.29, 0.717) is 11.3 Å². The lowest BCUT2D eigenvalue weighted by atomic mass is 10.1. The van der Waals surface area contributed by atoms with Gasteiger partial charge >= 0.3 is 5.97 Å². The third-order valence-corrected chi connectivity index (χ3v) is 4.50. The van der Waals surface area contributed by atoms with Gasteiger partial charge in [0.15, 0.2) is 0 Å². The molecule has 0 atom stereocenters. The Morgan fingerprint density at radius 3 is 2.72 bits per heavy atom. The third-order valence-electron chi connectivity index (χ3n) is 4.17. The molecule has 10 nitrogen and oxygen atoms in total. The topological polar surface area (TPSA) is 144 Å². The number of rotatable bonds is 7. The van der Waals surface area contributed by atoms with Crippen molar-refractivity contribution < 1.29 is 28.8 Å². The number of carbonyl (C=O) groups is 2. The highest BCUT2D eigenvalue weighted by molar-refractivity contribution is 6.33. The molecule has 0 saturated carbocycles. The van der Waals surface area contributed by atoms with Crippen LogP contribution in [0.25, 0.3) is 11.3 Å². The zero-order valence-corrected chi connectivity index (χ0v) is 17.3. The first kappa shape index (κ1) is 22.5. The number of hydrazone groups is 1. The highest BCUT2D eigenvalue weighted by atomic mass is 35.5. The zero-order valence-electron chi connectivity index (χ0n) is 16.6. The van der Waals surface area contributed by atoms with E-state index in [1.807, 2.05) is 0 Å². The van der Waals surface area contributed by atoms with Crippen LogP contribution < -0.4 is 5.43 Å². The maximum atomic E-state index is 12.1. The molecular formula is C21H16ClN3O7. The largest absolute Gasteiger partial charge is 0.507 e. The molecule has 1 aromatic heterocycles. The molecule has 11 heteroatoms. The first-order valence-electron chi connectivity index (χ1n) is 9.17. The molecule has 0 bridgehead atoms. The third kappa shape index (κ3) is 5.10. The van der Waals surface area contributed by atoms with Gasteiger partial charge in [0.05, 0.1) is 33.9 Å². The minimum atomic E-state index is -0.842. The molecule has 3 aromatic rings. The van der Waals surface area contributed by atoms with Crippen LogP contribution in [0.4, 0.5) is 5.69 Å². The van der Waals surface area contributed by atoms with E-state index in [2.05, 4.69) is 10.5 Å². The average molecular weight is 458 g/mol. The van der Waals surface area contributed by atoms with Crippen LogP contribution in [-0.2, 0) is 4.74 Å². The normalized spacial score (nSPS) is 10.8. The van der Waals surface area contributed by atoms with Gasteiger partial charge in [-0.2, -0.15) is 5.10 Å². The standard InChI is InChI=1S/C21H16ClN3O7/c1-2-31-21(28)15-9-12(3-6-17(15)22)19-8-5-14(32-19)11-23-24-20(27)16-10-13(25(29)30)4-7-18(16)26/h3-11,26H,2H2,1H3,(H,24,27). The summed E-state index contributed by atoms with van der Waals surface area (Å²) >= 11 is 6.06. The fourth-order valence-electron chi connectivity index (χ4n) is 2.66. The summed E-state index contributed by atoms with van der Waals surface area (Å²) in [4.78, 5) is 34.3. The fourth-order valence-corrected chi connectivity index (χ4v) is 2.85. The maximum Gasteiger partial charge on any atom is 0.339 e. The summed E-state index contributed by atoms with van der Waals surface area (Å²) in [6, 6.07) is 11.0. The lowest BCUT2D eigenvalue weighted by Gasteiger charge is -2.05. The second-order valence-corrected chi connectivity index (χ2v) is 6.68. The summed E-state index contributed by atoms with van der Waals surface area (Å²) < 4.78 is 10.6. The fraction of sp³-hybridized carbons (Fsp3) is 0.0952. The van der Waals surface area contributed by atoms with Gasteiger partial charge in [0, 0.05) is 17.7 Å². The number of nitro benzene ring substituents is 1. The zero-order chi connectivity index (χ0) is 23.3. The number of ether oxygens (including phenoxy) is 1. The molecule has 2 N–H and O–H groups in total. The van der Waals surface area contributed by atoms with Gasteiger partial charge in [-0.15, -0.1) is 0 Å². The molecule has 164 valence electrons. The summed E-state index contributed by atoms with van der Waals surface area (Å²) in [5.41, 5.74) is 2.28. The van der Waals surface area contributed by atoms with Crippen molar-refractivity contribution in [3.63, 3.8) is 0 Å². The second-order valence-electron chi connectivity index (χ2n) is 6.27. The van der Waals surface area contributed by atoms with Crippen LogP contribution in [0.1, 0.15) is 33.4 Å². The van der Waals surface area contributed by atoms with Gasteiger partial charge in [0.2, 0.25) is 0 Å². The van der Waals surface area contributed by atoms with Crippen molar-refractivity contribution in [1.82, 2.24) is 5.43 Å². The Morgan fingerprint density at radius 2 is 2.00 bits per heavy atom. The van der Waals surface area contributed by atoms with Crippen LogP contribution in [0, 0.1) is 10.1 Å². The molecule has 1 amide bonds. The van der Waals surface area contributed by atoms with Crippen LogP contribution in [0.15, 0.2) is 58.0 Å². The van der Waals surface area contributed by atoms with E-state index in [9.17, 15) is 24.8 Å². The first-order chi connectivity index (χ1) is 15.3. The molecule has 0 aliphatic carbocycles. The lowest BCUT2D eigenvalue weighted by Crippen LogP contribution is -2.17. The summed E-state index contributed by atoms with van der Waals surface area (Å²) in [5, 5.41) is 24.6. The molecule has 0 saturated heterocycles. The molecule has 32 heavy (non-hydrogen) atoms. The summed E-state index contributed by atoms with van der Waals surface area (Å²) in [7, 11) is 0. The number of amides is 1. The molecule has 0 fully saturated rings. The molecule has 0 aliphatic rings. The number of halogens is 1. The Bertz CT molecular complexity index is 1220. The number of esters is 1. The Morgan fingerprint density at radius 1 is 1.22 bits per heavy atom. The Hall–Kier alpha value is -4.18. The minimum Gasteiger partial charge on any atom is -0.507 e. The van der Waals surface area contributed by atoms with Gasteiger partial charge in [-0.1, -0.05) is 11.6 Å². The number of phenols is 1. The molecule has 0 spiro atoms. The number of carbonyl (C=O) groups excluding carboxylic acids is 2. The van der Waals surface area contributed by atoms with Gasteiger partial charge in [0.1, 0.15) is 17.3 Å². The number of nitro groups is 1. The van der Waals surface area contributed by atoms with E-state index in [1.54, 1.807) is 31.2 Å². The molecule has 0 unspecified atom stereocenters. The van der Waals surface area contributed by atoms with Gasteiger partial charge in [0.25, 0.3) is 11.6 Å². The number of benzene rings is 2. The minimum absolute atomic E-state index is 0.196. The number of phenolic OH excluding ortho intramolecular Hbond substituents is 1. The van der Waals surface area contributed by atoms with Crippen LogP contribution in [0.3, 0.4) is 0 Å². The maximum absolute atomic E-state index is 12.1. The van der Waals surface area contributed by atoms with Gasteiger partial charge in [-0.05, 0) is 43.3 Å². The van der Waals surface area contributed by atoms with Crippen LogP contribution >= 0.6 is 11.6 Å². The smallest absolute Gasteiger partial charge is 0.339 e. The predicted octanol–water partition coefficient (Wildman–Crippen LogP) is 4.15. The van der Waals surface area contributed by atoms with E-state index in [4.69, 9.17) is 20.8 Å². The second kappa shape index (κ2) is 9.75. The van der Waals surface area contributed by atoms with Crippen molar-refractivity contribution in [3.05, 3.63) is 80.6 Å². The molecule has 0 aliphatic heterocycles. The van der Waals surface area contributed by atoms with Crippen molar-refractivity contribution >= 4 is 35.4 Å². The van der Waals surface area contributed by atoms with Crippen molar-refractivity contribution in [2.24, 2.45) is 5.10 Å². The predicted molar refractivity (Wildman–Crippen MR) is 115 cm³/mol. The van der Waals surface area contributed by atoms with Crippen molar-refractivity contribution in [2.45, 2.75) is 6.92 Å². The molecule has 1 heterocycles. The van der Waals surface area contributed by atoms with Crippen LogP contribution in [0.2, 0.25) is 5.02 Å². The number of furan rings is 1. The Kier molecular flexibility index (Phi) is 6.86. The van der Waals surface area contributed by atoms with E-state index in [-0.39, 0.29) is 34.2 Å². The number of hydrogen-bond acceptors (Lipinski definition) is 8. The Labute approximate surface area is 186 Å². The van der Waals surface area contributed by atoms with Crippen LogP contribution in [-0.4, -0.2) is 34.7 Å². The van der Waals surface area contributed by atoms with Gasteiger partial charge in [-0.3, -0.25) is 14.9 Å². The number of non-ortho nitro benzene ring substituents is 1. The van der Waals surface area contributed by atoms with Crippen molar-refractivity contribution in [2.75, 3.05) is 6.61 Å². The molecule has 2 aromatic carbocycles. The van der Waals surface area contributed by atoms with E-state index < -0.39 is 22.5 Å². The number of aromatic hydroxyl groups is 1. The number of nitrogens with one attached hydrogen (secondary N) is 1. The quantitative estimate of drug-likeness (QED) is 0.234. The Balaban J connectivity index is 1.73. The monoisotopic (exact) mass is 457 g/mol. The van der Waals surface area contributed by atoms with Crippen molar-refractivity contribution in [3.8, 4) is 17.1 Å². The number of nitrogens with zero attached hydrogens (tertiary/aromatic N) is 2. The van der Waals surface area contributed by atoms with Crippen LogP contribution in [0.5, 0.6) is 5.75 Å². The average Bonchev–Trinajstić information content (AvgIpc) is 3.23. The van der Waals surface area contributed by atoms with Crippen molar-refractivity contribution in [1.29, 1.82) is 0 Å². The highest BCUT2D eigenvalue weighted by Gasteiger charge is 2.17. The molecular weight excluding hydrogens is 442 g/mol. The molecule has 3 rings (SSSR count). The summed E-state index contributed by atoms with van der Waals surface area (Å²) in [5.74, 6) is -1.14. The summed E-state index contributed by atoms with van der Waals surface area (Å²) in [6.45, 7) is 1.90. The lowest BCUT2D eigenvalue weighted by molar-refractivity contribution is -0.384. The summed E-state index contributed by atoms with van der Waals surface area (Å²) in [6.07, 6.45) is 1.21. The van der Waals surface area contributed by atoms with E-state index >= 15 is 0 Å². The number of hydrogen-bond donors (Lipinski definition) is 2. The first-order valence-corrected chi connectivity index (χ1v) is 9.55.